The highest BCUT2D eigenvalue weighted by Gasteiger charge is 2.43. The number of carbonyl (C=O) groups is 1. The highest BCUT2D eigenvalue weighted by molar-refractivity contribution is 7.09. The highest BCUT2D eigenvalue weighted by Crippen LogP contribution is 2.35. The monoisotopic (exact) mass is 283 g/mol. The van der Waals surface area contributed by atoms with Gasteiger partial charge in [-0.15, -0.1) is 0 Å². The number of piperidine rings is 1. The smallest absolute Gasteiger partial charge is 0.329 e. The maximum absolute atomic E-state index is 11.6. The normalized spacial score (nSPS) is 24.5. The fraction of sp³-hybridized carbons (Fsp3) is 0.769. The van der Waals surface area contributed by atoms with Crippen molar-refractivity contribution in [2.24, 2.45) is 0 Å². The molecule has 0 amide bonds. The van der Waals surface area contributed by atoms with Crippen molar-refractivity contribution >= 4 is 22.6 Å². The van der Waals surface area contributed by atoms with Crippen molar-refractivity contribution in [2.45, 2.75) is 57.9 Å². The lowest BCUT2D eigenvalue weighted by Gasteiger charge is -2.41. The first-order chi connectivity index (χ1) is 8.75. The van der Waals surface area contributed by atoms with Gasteiger partial charge in [0.25, 0.3) is 0 Å². The molecular weight excluding hydrogens is 262 g/mol. The average Bonchev–Trinajstić information content (AvgIpc) is 2.78. The number of aliphatic carboxylic acids is 1. The molecule has 19 heavy (non-hydrogen) atoms. The van der Waals surface area contributed by atoms with Gasteiger partial charge in [0.05, 0.1) is 0 Å². The van der Waals surface area contributed by atoms with E-state index in [1.165, 1.54) is 11.5 Å². The fourth-order valence-corrected chi connectivity index (χ4v) is 3.28. The van der Waals surface area contributed by atoms with Gasteiger partial charge in [-0.1, -0.05) is 20.8 Å². The Bertz CT molecular complexity index is 480. The molecule has 1 saturated heterocycles. The largest absolute Gasteiger partial charge is 0.480 e. The Morgan fingerprint density at radius 1 is 1.42 bits per heavy atom. The van der Waals surface area contributed by atoms with E-state index in [-0.39, 0.29) is 5.41 Å². The second kappa shape index (κ2) is 4.74. The second-order valence-corrected chi connectivity index (χ2v) is 7.07. The molecule has 2 heterocycles. The summed E-state index contributed by atoms with van der Waals surface area (Å²) in [5.74, 6) is 0.00511. The molecule has 1 aromatic rings. The van der Waals surface area contributed by atoms with Crippen molar-refractivity contribution in [1.29, 1.82) is 0 Å². The first kappa shape index (κ1) is 14.2. The number of anilines is 1. The van der Waals surface area contributed by atoms with E-state index in [0.717, 1.165) is 30.3 Å². The Hall–Kier alpha value is -1.17. The summed E-state index contributed by atoms with van der Waals surface area (Å²) in [6.45, 7) is 8.70. The number of hydrogen-bond acceptors (Lipinski definition) is 5. The Kier molecular flexibility index (Phi) is 3.55. The Morgan fingerprint density at radius 3 is 2.63 bits per heavy atom. The zero-order chi connectivity index (χ0) is 14.3. The molecule has 0 radical (unpaired) electrons. The number of rotatable bonds is 2. The first-order valence-electron chi connectivity index (χ1n) is 6.60. The van der Waals surface area contributed by atoms with Crippen LogP contribution in [0.3, 0.4) is 0 Å². The lowest BCUT2D eigenvalue weighted by atomic mass is 9.89. The van der Waals surface area contributed by atoms with Crippen molar-refractivity contribution < 1.29 is 9.90 Å². The Balaban J connectivity index is 2.33. The average molecular weight is 283 g/mol. The van der Waals surface area contributed by atoms with Crippen LogP contribution in [0.5, 0.6) is 0 Å². The lowest BCUT2D eigenvalue weighted by molar-refractivity contribution is -0.143. The van der Waals surface area contributed by atoms with E-state index in [0.29, 0.717) is 6.42 Å². The fourth-order valence-electron chi connectivity index (χ4n) is 2.28. The second-order valence-electron chi connectivity index (χ2n) is 6.34. The molecule has 1 aromatic heterocycles. The summed E-state index contributed by atoms with van der Waals surface area (Å²) in [5, 5.41) is 10.2. The number of carboxylic acid groups (broad SMARTS) is 1. The van der Waals surface area contributed by atoms with E-state index >= 15 is 0 Å². The van der Waals surface area contributed by atoms with Gasteiger partial charge in [0.15, 0.2) is 0 Å². The van der Waals surface area contributed by atoms with Crippen LogP contribution >= 0.6 is 11.5 Å². The third-order valence-corrected chi connectivity index (χ3v) is 4.41. The molecule has 0 spiro atoms. The van der Waals surface area contributed by atoms with Gasteiger partial charge in [-0.3, -0.25) is 0 Å². The van der Waals surface area contributed by atoms with Gasteiger partial charge < -0.3 is 10.0 Å². The van der Waals surface area contributed by atoms with E-state index in [1.807, 2.05) is 4.90 Å². The molecule has 1 atom stereocenters. The summed E-state index contributed by atoms with van der Waals surface area (Å²) in [6, 6.07) is 0. The van der Waals surface area contributed by atoms with Crippen molar-refractivity contribution in [3.8, 4) is 0 Å². The maximum atomic E-state index is 11.6. The van der Waals surface area contributed by atoms with Gasteiger partial charge in [0, 0.05) is 23.5 Å². The molecule has 2 rings (SSSR count). The molecule has 0 aliphatic carbocycles. The number of carboxylic acids is 1. The van der Waals surface area contributed by atoms with Crippen LogP contribution in [0.2, 0.25) is 0 Å². The minimum absolute atomic E-state index is 0.107. The zero-order valence-corrected chi connectivity index (χ0v) is 12.8. The predicted octanol–water partition coefficient (Wildman–Crippen LogP) is 2.67. The molecular formula is C13H21N3O2S. The summed E-state index contributed by atoms with van der Waals surface area (Å²) < 4.78 is 4.38. The van der Waals surface area contributed by atoms with Crippen LogP contribution in [0, 0.1) is 0 Å². The van der Waals surface area contributed by atoms with Gasteiger partial charge in [-0.2, -0.15) is 4.37 Å². The molecule has 0 saturated carbocycles. The van der Waals surface area contributed by atoms with Gasteiger partial charge >= 0.3 is 5.97 Å². The van der Waals surface area contributed by atoms with Crippen LogP contribution in [-0.4, -0.2) is 32.5 Å². The highest BCUT2D eigenvalue weighted by atomic mass is 32.1. The van der Waals surface area contributed by atoms with Crippen molar-refractivity contribution in [3.05, 3.63) is 5.82 Å². The minimum atomic E-state index is -0.854. The third-order valence-electron chi connectivity index (χ3n) is 3.67. The van der Waals surface area contributed by atoms with Crippen molar-refractivity contribution in [1.82, 2.24) is 9.36 Å². The summed E-state index contributed by atoms with van der Waals surface area (Å²) in [6.07, 6.45) is 2.62. The van der Waals surface area contributed by atoms with Crippen LogP contribution in [0.25, 0.3) is 0 Å². The number of aromatic nitrogens is 2. The molecule has 1 fully saturated rings. The summed E-state index contributed by atoms with van der Waals surface area (Å²) in [5.41, 5.74) is -0.961. The zero-order valence-electron chi connectivity index (χ0n) is 11.9. The third kappa shape index (κ3) is 2.59. The molecule has 106 valence electrons. The molecule has 5 nitrogen and oxygen atoms in total. The van der Waals surface area contributed by atoms with Crippen molar-refractivity contribution in [3.63, 3.8) is 0 Å². The van der Waals surface area contributed by atoms with Gasteiger partial charge in [-0.25, -0.2) is 9.78 Å². The molecule has 1 unspecified atom stereocenters. The van der Waals surface area contributed by atoms with Crippen LogP contribution < -0.4 is 4.90 Å². The molecule has 0 aromatic carbocycles. The molecule has 1 N–H and O–H groups in total. The van der Waals surface area contributed by atoms with E-state index in [9.17, 15) is 9.90 Å². The predicted molar refractivity (Wildman–Crippen MR) is 75.8 cm³/mol. The van der Waals surface area contributed by atoms with E-state index in [4.69, 9.17) is 0 Å². The van der Waals surface area contributed by atoms with E-state index in [2.05, 4.69) is 30.1 Å². The summed E-state index contributed by atoms with van der Waals surface area (Å²) in [7, 11) is 0. The molecule has 6 heteroatoms. The molecule has 1 aliphatic rings. The van der Waals surface area contributed by atoms with Crippen LogP contribution in [0.4, 0.5) is 5.13 Å². The van der Waals surface area contributed by atoms with Crippen molar-refractivity contribution in [2.75, 3.05) is 11.4 Å². The summed E-state index contributed by atoms with van der Waals surface area (Å²) >= 11 is 1.30. The minimum Gasteiger partial charge on any atom is -0.480 e. The van der Waals surface area contributed by atoms with Crippen LogP contribution in [0.1, 0.15) is 52.8 Å². The first-order valence-corrected chi connectivity index (χ1v) is 7.38. The van der Waals surface area contributed by atoms with Gasteiger partial charge in [-0.05, 0) is 26.2 Å². The Morgan fingerprint density at radius 2 is 2.11 bits per heavy atom. The topological polar surface area (TPSA) is 66.3 Å². The van der Waals surface area contributed by atoms with Crippen LogP contribution in [-0.2, 0) is 10.2 Å². The van der Waals surface area contributed by atoms with E-state index in [1.54, 1.807) is 6.92 Å². The quantitative estimate of drug-likeness (QED) is 0.904. The number of hydrogen-bond donors (Lipinski definition) is 1. The van der Waals surface area contributed by atoms with Crippen LogP contribution in [0.15, 0.2) is 0 Å². The van der Waals surface area contributed by atoms with Gasteiger partial charge in [0.1, 0.15) is 11.4 Å². The maximum Gasteiger partial charge on any atom is 0.329 e. The molecule has 0 bridgehead atoms. The number of nitrogens with zero attached hydrogens (tertiary/aromatic N) is 3. The standard InChI is InChI=1S/C13H21N3O2S/c1-12(2,3)9-14-11(19-15-9)16-8-6-5-7-13(16,4)10(17)18/h5-8H2,1-4H3,(H,17,18). The SMILES string of the molecule is CC(C)(C)c1nsc(N2CCCCC2(C)C(=O)O)n1. The molecule has 1 aliphatic heterocycles. The van der Waals surface area contributed by atoms with Gasteiger partial charge in [0.2, 0.25) is 5.13 Å². The van der Waals surface area contributed by atoms with E-state index < -0.39 is 11.5 Å². The summed E-state index contributed by atoms with van der Waals surface area (Å²) in [4.78, 5) is 18.0. The Labute approximate surface area is 117 Å². The lowest BCUT2D eigenvalue weighted by Crippen LogP contribution is -2.55.